The first-order valence-electron chi connectivity index (χ1n) is 12.9. The van der Waals surface area contributed by atoms with Crippen molar-refractivity contribution in [3.8, 4) is 11.5 Å². The van der Waals surface area contributed by atoms with E-state index in [0.29, 0.717) is 42.3 Å². The van der Waals surface area contributed by atoms with Gasteiger partial charge in [-0.15, -0.1) is 0 Å². The zero-order valence-electron chi connectivity index (χ0n) is 21.2. The molecular formula is C28H33N3O6. The van der Waals surface area contributed by atoms with Gasteiger partial charge in [0, 0.05) is 32.8 Å². The fourth-order valence-corrected chi connectivity index (χ4v) is 5.30. The standard InChI is InChI=1S/C28H33N3O6/c1-35-13-12-30-16-20-6-5-9-22(26(20)28(30)34)27(33)31(17-25(32)29-21-7-3-2-4-8-21)15-19-10-11-23-24(14-19)37-18-36-23/h5-6,9-11,14,21H,2-4,7-8,12-13,15-18H2,1H3,(H,29,32). The lowest BCUT2D eigenvalue weighted by atomic mass is 9.95. The van der Waals surface area contributed by atoms with Crippen molar-refractivity contribution >= 4 is 17.7 Å². The third-order valence-corrected chi connectivity index (χ3v) is 7.21. The van der Waals surface area contributed by atoms with Gasteiger partial charge in [-0.1, -0.05) is 37.5 Å². The first-order valence-corrected chi connectivity index (χ1v) is 12.9. The normalized spacial score (nSPS) is 16.6. The molecule has 0 atom stereocenters. The number of rotatable bonds is 9. The molecule has 0 unspecified atom stereocenters. The Morgan fingerprint density at radius 1 is 1.11 bits per heavy atom. The van der Waals surface area contributed by atoms with Crippen LogP contribution in [0.15, 0.2) is 36.4 Å². The summed E-state index contributed by atoms with van der Waals surface area (Å²) < 4.78 is 16.0. The lowest BCUT2D eigenvalue weighted by molar-refractivity contribution is -0.122. The smallest absolute Gasteiger partial charge is 0.255 e. The van der Waals surface area contributed by atoms with Gasteiger partial charge < -0.3 is 29.3 Å². The molecular weight excluding hydrogens is 474 g/mol. The van der Waals surface area contributed by atoms with E-state index in [-0.39, 0.29) is 43.6 Å². The monoisotopic (exact) mass is 507 g/mol. The molecule has 2 heterocycles. The zero-order chi connectivity index (χ0) is 25.8. The second-order valence-electron chi connectivity index (χ2n) is 9.81. The molecule has 1 saturated carbocycles. The molecule has 3 amide bonds. The predicted octanol–water partition coefficient (Wildman–Crippen LogP) is 3.11. The molecule has 0 saturated heterocycles. The van der Waals surface area contributed by atoms with Crippen molar-refractivity contribution < 1.29 is 28.6 Å². The summed E-state index contributed by atoms with van der Waals surface area (Å²) in [5, 5.41) is 3.11. The highest BCUT2D eigenvalue weighted by Gasteiger charge is 2.33. The van der Waals surface area contributed by atoms with E-state index in [2.05, 4.69) is 5.32 Å². The van der Waals surface area contributed by atoms with Crippen LogP contribution in [-0.2, 0) is 22.6 Å². The zero-order valence-corrected chi connectivity index (χ0v) is 21.2. The van der Waals surface area contributed by atoms with Gasteiger partial charge in [-0.2, -0.15) is 0 Å². The summed E-state index contributed by atoms with van der Waals surface area (Å²) in [6, 6.07) is 11.0. The average Bonchev–Trinajstić information content (AvgIpc) is 3.51. The number of fused-ring (bicyclic) bond motifs is 2. The van der Waals surface area contributed by atoms with Crippen molar-refractivity contribution in [2.24, 2.45) is 0 Å². The Morgan fingerprint density at radius 3 is 2.73 bits per heavy atom. The number of hydrogen-bond donors (Lipinski definition) is 1. The molecule has 9 nitrogen and oxygen atoms in total. The Bertz CT molecular complexity index is 1180. The van der Waals surface area contributed by atoms with E-state index in [1.165, 1.54) is 11.3 Å². The summed E-state index contributed by atoms with van der Waals surface area (Å²) in [6.45, 7) is 1.54. The van der Waals surface area contributed by atoms with E-state index in [0.717, 1.165) is 36.8 Å². The molecule has 1 N–H and O–H groups in total. The van der Waals surface area contributed by atoms with Gasteiger partial charge in [0.1, 0.15) is 6.54 Å². The largest absolute Gasteiger partial charge is 0.454 e. The van der Waals surface area contributed by atoms with Gasteiger partial charge >= 0.3 is 0 Å². The molecule has 37 heavy (non-hydrogen) atoms. The Kier molecular flexibility index (Phi) is 7.60. The average molecular weight is 508 g/mol. The first kappa shape index (κ1) is 25.1. The highest BCUT2D eigenvalue weighted by Crippen LogP contribution is 2.33. The minimum Gasteiger partial charge on any atom is -0.454 e. The number of hydrogen-bond acceptors (Lipinski definition) is 6. The van der Waals surface area contributed by atoms with Gasteiger partial charge in [0.05, 0.1) is 17.7 Å². The molecule has 5 rings (SSSR count). The number of methoxy groups -OCH3 is 1. The minimum atomic E-state index is -0.352. The van der Waals surface area contributed by atoms with Gasteiger partial charge in [0.15, 0.2) is 11.5 Å². The number of amides is 3. The molecule has 1 fully saturated rings. The summed E-state index contributed by atoms with van der Waals surface area (Å²) in [5.41, 5.74) is 2.34. The molecule has 0 spiro atoms. The van der Waals surface area contributed by atoms with Gasteiger partial charge in [-0.25, -0.2) is 0 Å². The van der Waals surface area contributed by atoms with Crippen molar-refractivity contribution in [2.45, 2.75) is 51.2 Å². The summed E-state index contributed by atoms with van der Waals surface area (Å²) in [4.78, 5) is 43.4. The number of nitrogens with zero attached hydrogens (tertiary/aromatic N) is 2. The molecule has 3 aliphatic rings. The molecule has 196 valence electrons. The number of carbonyl (C=O) groups excluding carboxylic acids is 3. The van der Waals surface area contributed by atoms with E-state index in [4.69, 9.17) is 14.2 Å². The summed E-state index contributed by atoms with van der Waals surface area (Å²) in [7, 11) is 1.59. The molecule has 0 bridgehead atoms. The summed E-state index contributed by atoms with van der Waals surface area (Å²) >= 11 is 0. The highest BCUT2D eigenvalue weighted by atomic mass is 16.7. The van der Waals surface area contributed by atoms with Crippen molar-refractivity contribution in [3.63, 3.8) is 0 Å². The van der Waals surface area contributed by atoms with E-state index < -0.39 is 0 Å². The predicted molar refractivity (Wildman–Crippen MR) is 135 cm³/mol. The van der Waals surface area contributed by atoms with Crippen molar-refractivity contribution in [1.29, 1.82) is 0 Å². The van der Waals surface area contributed by atoms with Gasteiger partial charge in [0.2, 0.25) is 12.7 Å². The van der Waals surface area contributed by atoms with E-state index in [1.807, 2.05) is 18.2 Å². The summed E-state index contributed by atoms with van der Waals surface area (Å²) in [6.07, 6.45) is 5.31. The van der Waals surface area contributed by atoms with E-state index in [9.17, 15) is 14.4 Å². The molecule has 2 aromatic carbocycles. The minimum absolute atomic E-state index is 0.102. The van der Waals surface area contributed by atoms with Crippen LogP contribution in [0.2, 0.25) is 0 Å². The van der Waals surface area contributed by atoms with E-state index >= 15 is 0 Å². The van der Waals surface area contributed by atoms with Crippen molar-refractivity contribution in [3.05, 3.63) is 58.7 Å². The second kappa shape index (κ2) is 11.2. The number of carbonyl (C=O) groups is 3. The van der Waals surface area contributed by atoms with Crippen LogP contribution in [0.25, 0.3) is 0 Å². The van der Waals surface area contributed by atoms with Gasteiger partial charge in [0.25, 0.3) is 11.8 Å². The van der Waals surface area contributed by atoms with Crippen LogP contribution in [0, 0.1) is 0 Å². The quantitative estimate of drug-likeness (QED) is 0.560. The lowest BCUT2D eigenvalue weighted by Gasteiger charge is -2.27. The Morgan fingerprint density at radius 2 is 1.92 bits per heavy atom. The summed E-state index contributed by atoms with van der Waals surface area (Å²) in [5.74, 6) is 0.531. The van der Waals surface area contributed by atoms with Gasteiger partial charge in [-0.05, 0) is 42.2 Å². The van der Waals surface area contributed by atoms with Crippen LogP contribution in [-0.4, -0.2) is 67.2 Å². The van der Waals surface area contributed by atoms with Crippen LogP contribution in [0.5, 0.6) is 11.5 Å². The molecule has 9 heteroatoms. The Hall–Kier alpha value is -3.59. The third kappa shape index (κ3) is 5.56. The Labute approximate surface area is 216 Å². The Balaban J connectivity index is 1.39. The topological polar surface area (TPSA) is 97.4 Å². The van der Waals surface area contributed by atoms with Crippen LogP contribution in [0.1, 0.15) is 63.9 Å². The van der Waals surface area contributed by atoms with Crippen LogP contribution < -0.4 is 14.8 Å². The number of benzene rings is 2. The first-order chi connectivity index (χ1) is 18.0. The highest BCUT2D eigenvalue weighted by molar-refractivity contribution is 6.10. The van der Waals surface area contributed by atoms with Crippen LogP contribution in [0.4, 0.5) is 0 Å². The molecule has 0 aromatic heterocycles. The fraction of sp³-hybridized carbons (Fsp3) is 0.464. The number of ether oxygens (including phenoxy) is 3. The number of nitrogens with one attached hydrogen (secondary N) is 1. The van der Waals surface area contributed by atoms with Crippen molar-refractivity contribution in [1.82, 2.24) is 15.1 Å². The maximum absolute atomic E-state index is 13.9. The molecule has 0 radical (unpaired) electrons. The van der Waals surface area contributed by atoms with Gasteiger partial charge in [-0.3, -0.25) is 14.4 Å². The molecule has 1 aliphatic carbocycles. The molecule has 2 aromatic rings. The van der Waals surface area contributed by atoms with Crippen LogP contribution >= 0.6 is 0 Å². The van der Waals surface area contributed by atoms with E-state index in [1.54, 1.807) is 30.2 Å². The fourth-order valence-electron chi connectivity index (χ4n) is 5.30. The second-order valence-corrected chi connectivity index (χ2v) is 9.81. The SMILES string of the molecule is COCCN1Cc2cccc(C(=O)N(CC(=O)NC3CCCCC3)Cc3ccc4c(c3)OCO4)c2C1=O. The maximum atomic E-state index is 13.9. The lowest BCUT2D eigenvalue weighted by Crippen LogP contribution is -2.44. The van der Waals surface area contributed by atoms with Crippen LogP contribution in [0.3, 0.4) is 0 Å². The third-order valence-electron chi connectivity index (χ3n) is 7.21. The molecule has 2 aliphatic heterocycles. The van der Waals surface area contributed by atoms with Crippen molar-refractivity contribution in [2.75, 3.05) is 33.6 Å². The maximum Gasteiger partial charge on any atom is 0.255 e.